The van der Waals surface area contributed by atoms with Crippen LogP contribution < -0.4 is 22.9 Å². The third-order valence-electron chi connectivity index (χ3n) is 3.73. The van der Waals surface area contributed by atoms with Crippen LogP contribution in [0.15, 0.2) is 22.8 Å². The molecule has 0 aliphatic heterocycles. The van der Waals surface area contributed by atoms with Crippen molar-refractivity contribution in [2.45, 2.75) is 32.1 Å². The van der Waals surface area contributed by atoms with Gasteiger partial charge in [0.05, 0.1) is 11.4 Å². The molecule has 84 valence electrons. The molecule has 1 fully saturated rings. The summed E-state index contributed by atoms with van der Waals surface area (Å²) in [6.45, 7) is 0. The molecule has 0 aromatic heterocycles. The second kappa shape index (κ2) is 3.68. The molecule has 2 aliphatic rings. The van der Waals surface area contributed by atoms with Crippen LogP contribution in [0.3, 0.4) is 0 Å². The lowest BCUT2D eigenvalue weighted by molar-refractivity contribution is 0.387. The first kappa shape index (κ1) is 10.2. The molecule has 0 heterocycles. The third-order valence-corrected chi connectivity index (χ3v) is 3.73. The quantitative estimate of drug-likeness (QED) is 0.464. The fourth-order valence-electron chi connectivity index (χ4n) is 2.76. The van der Waals surface area contributed by atoms with Gasteiger partial charge in [0.1, 0.15) is 0 Å². The first-order valence-corrected chi connectivity index (χ1v) is 5.63. The lowest BCUT2D eigenvalue weighted by Crippen LogP contribution is -2.36. The van der Waals surface area contributed by atoms with E-state index in [1.54, 1.807) is 0 Å². The molecule has 2 unspecified atom stereocenters. The molecule has 4 nitrogen and oxygen atoms in total. The molecule has 8 N–H and O–H groups in total. The highest BCUT2D eigenvalue weighted by Gasteiger charge is 2.34. The van der Waals surface area contributed by atoms with E-state index in [4.69, 9.17) is 22.9 Å². The van der Waals surface area contributed by atoms with Gasteiger partial charge in [0.15, 0.2) is 0 Å². The van der Waals surface area contributed by atoms with Crippen molar-refractivity contribution in [3.05, 3.63) is 22.8 Å². The number of allylic oxidation sites excluding steroid dienone is 2. The fraction of sp³-hybridized carbons (Fsp3) is 0.636. The van der Waals surface area contributed by atoms with Gasteiger partial charge in [0.2, 0.25) is 0 Å². The maximum Gasteiger partial charge on any atom is 0.0759 e. The Morgan fingerprint density at radius 2 is 1.07 bits per heavy atom. The van der Waals surface area contributed by atoms with Gasteiger partial charge in [0.25, 0.3) is 0 Å². The van der Waals surface area contributed by atoms with Crippen LogP contribution in [-0.2, 0) is 0 Å². The van der Waals surface area contributed by atoms with Crippen molar-refractivity contribution >= 4 is 0 Å². The predicted octanol–water partition coefficient (Wildman–Crippen LogP) is 0.454. The molecule has 2 rings (SSSR count). The Morgan fingerprint density at radius 3 is 1.47 bits per heavy atom. The predicted molar refractivity (Wildman–Crippen MR) is 60.9 cm³/mol. The van der Waals surface area contributed by atoms with Gasteiger partial charge in [-0.15, -0.1) is 0 Å². The smallest absolute Gasteiger partial charge is 0.0759 e. The van der Waals surface area contributed by atoms with E-state index in [1.165, 1.54) is 19.3 Å². The van der Waals surface area contributed by atoms with Crippen LogP contribution in [-0.4, -0.2) is 0 Å². The molecule has 1 saturated carbocycles. The lowest BCUT2D eigenvalue weighted by atomic mass is 9.78. The summed E-state index contributed by atoms with van der Waals surface area (Å²) in [7, 11) is 0. The molecular formula is C11H20N4. The van der Waals surface area contributed by atoms with E-state index in [2.05, 4.69) is 0 Å². The van der Waals surface area contributed by atoms with Crippen molar-refractivity contribution in [1.29, 1.82) is 0 Å². The number of rotatable bonds is 0. The van der Waals surface area contributed by atoms with Crippen molar-refractivity contribution in [3.63, 3.8) is 0 Å². The van der Waals surface area contributed by atoms with Crippen molar-refractivity contribution in [2.75, 3.05) is 0 Å². The summed E-state index contributed by atoms with van der Waals surface area (Å²) >= 11 is 0. The van der Waals surface area contributed by atoms with E-state index in [-0.39, 0.29) is 0 Å². The van der Waals surface area contributed by atoms with Crippen LogP contribution >= 0.6 is 0 Å². The largest absolute Gasteiger partial charge is 0.400 e. The maximum atomic E-state index is 6.04. The van der Waals surface area contributed by atoms with E-state index in [1.807, 2.05) is 0 Å². The topological polar surface area (TPSA) is 104 Å². The fourth-order valence-corrected chi connectivity index (χ4v) is 2.76. The van der Waals surface area contributed by atoms with Gasteiger partial charge in [-0.1, -0.05) is 19.3 Å². The standard InChI is InChI=1S/C11H20N4/c12-8-6-4-2-1-3-5-7(6)9(13)11(15)10(8)14/h6-7H,1-5,12-15H2. The monoisotopic (exact) mass is 208 g/mol. The minimum absolute atomic E-state index is 0.319. The van der Waals surface area contributed by atoms with Crippen LogP contribution in [0.4, 0.5) is 0 Å². The van der Waals surface area contributed by atoms with Crippen molar-refractivity contribution in [2.24, 2.45) is 34.8 Å². The lowest BCUT2D eigenvalue weighted by Gasteiger charge is -2.32. The van der Waals surface area contributed by atoms with Crippen LogP contribution in [0.2, 0.25) is 0 Å². The third kappa shape index (κ3) is 1.54. The summed E-state index contributed by atoms with van der Waals surface area (Å²) in [5.74, 6) is 0.639. The van der Waals surface area contributed by atoms with Crippen LogP contribution in [0.5, 0.6) is 0 Å². The van der Waals surface area contributed by atoms with Gasteiger partial charge >= 0.3 is 0 Å². The molecule has 0 aromatic carbocycles. The van der Waals surface area contributed by atoms with Gasteiger partial charge in [-0.25, -0.2) is 0 Å². The Bertz CT molecular complexity index is 297. The van der Waals surface area contributed by atoms with E-state index >= 15 is 0 Å². The Morgan fingerprint density at radius 1 is 0.667 bits per heavy atom. The highest BCUT2D eigenvalue weighted by molar-refractivity contribution is 5.39. The zero-order valence-electron chi connectivity index (χ0n) is 9.00. The van der Waals surface area contributed by atoms with E-state index in [0.29, 0.717) is 23.2 Å². The van der Waals surface area contributed by atoms with E-state index in [0.717, 1.165) is 24.2 Å². The molecular weight excluding hydrogens is 188 g/mol. The summed E-state index contributed by atoms with van der Waals surface area (Å²) in [5.41, 5.74) is 26.3. The normalized spacial score (nSPS) is 32.5. The average Bonchev–Trinajstić information content (AvgIpc) is 2.48. The average molecular weight is 208 g/mol. The van der Waals surface area contributed by atoms with Gasteiger partial charge < -0.3 is 22.9 Å². The molecule has 4 heteroatoms. The molecule has 2 atom stereocenters. The first-order chi connectivity index (χ1) is 7.13. The molecule has 0 radical (unpaired) electrons. The van der Waals surface area contributed by atoms with E-state index in [9.17, 15) is 0 Å². The summed E-state index contributed by atoms with van der Waals surface area (Å²) in [4.78, 5) is 0. The summed E-state index contributed by atoms with van der Waals surface area (Å²) in [6, 6.07) is 0. The Balaban J connectivity index is 2.39. The van der Waals surface area contributed by atoms with Gasteiger partial charge in [-0.2, -0.15) is 0 Å². The summed E-state index contributed by atoms with van der Waals surface area (Å²) in [5, 5.41) is 0. The Hall–Kier alpha value is -1.32. The molecule has 0 bridgehead atoms. The molecule has 0 spiro atoms. The SMILES string of the molecule is NC1=C(N)C2CCCCCC2C(N)=C1N. The Kier molecular flexibility index (Phi) is 2.50. The van der Waals surface area contributed by atoms with Gasteiger partial charge in [-0.05, 0) is 12.8 Å². The summed E-state index contributed by atoms with van der Waals surface area (Å²) in [6.07, 6.45) is 5.86. The number of hydrogen-bond acceptors (Lipinski definition) is 4. The van der Waals surface area contributed by atoms with Crippen LogP contribution in [0.1, 0.15) is 32.1 Å². The number of hydrogen-bond donors (Lipinski definition) is 4. The van der Waals surface area contributed by atoms with Gasteiger partial charge in [-0.3, -0.25) is 0 Å². The van der Waals surface area contributed by atoms with Crippen LogP contribution in [0.25, 0.3) is 0 Å². The molecule has 0 amide bonds. The van der Waals surface area contributed by atoms with Gasteiger partial charge in [0, 0.05) is 23.2 Å². The second-order valence-corrected chi connectivity index (χ2v) is 4.59. The summed E-state index contributed by atoms with van der Waals surface area (Å²) < 4.78 is 0. The minimum atomic E-state index is 0.319. The molecule has 0 saturated heterocycles. The second-order valence-electron chi connectivity index (χ2n) is 4.59. The molecule has 15 heavy (non-hydrogen) atoms. The highest BCUT2D eigenvalue weighted by atomic mass is 14.8. The van der Waals surface area contributed by atoms with Crippen molar-refractivity contribution in [3.8, 4) is 0 Å². The number of nitrogens with two attached hydrogens (primary N) is 4. The minimum Gasteiger partial charge on any atom is -0.400 e. The van der Waals surface area contributed by atoms with E-state index < -0.39 is 0 Å². The van der Waals surface area contributed by atoms with Crippen LogP contribution in [0, 0.1) is 11.8 Å². The number of fused-ring (bicyclic) bond motifs is 1. The molecule has 2 aliphatic carbocycles. The van der Waals surface area contributed by atoms with Crippen molar-refractivity contribution < 1.29 is 0 Å². The maximum absolute atomic E-state index is 6.04. The van der Waals surface area contributed by atoms with Crippen molar-refractivity contribution in [1.82, 2.24) is 0 Å². The molecule has 0 aromatic rings. The first-order valence-electron chi connectivity index (χ1n) is 5.63. The zero-order chi connectivity index (χ0) is 11.0. The Labute approximate surface area is 90.4 Å². The highest BCUT2D eigenvalue weighted by Crippen LogP contribution is 2.39. The zero-order valence-corrected chi connectivity index (χ0v) is 9.00.